The minimum Gasteiger partial charge on any atom is -0.496 e. The number of nitrogens with one attached hydrogen (secondary N) is 1. The SMILES string of the molecule is C=C1C=C(OC)c2ccnc(N[C@@H](C)c3ccc(C(=O)OC)cc3)c2C(Oc2cccc(F)c2)=C1. The van der Waals surface area contributed by atoms with Gasteiger partial charge in [0.15, 0.2) is 0 Å². The molecule has 6 nitrogen and oxygen atoms in total. The molecule has 0 fully saturated rings. The maximum absolute atomic E-state index is 13.8. The highest BCUT2D eigenvalue weighted by Gasteiger charge is 2.24. The number of carbonyl (C=O) groups is 1. The summed E-state index contributed by atoms with van der Waals surface area (Å²) >= 11 is 0. The van der Waals surface area contributed by atoms with Crippen molar-refractivity contribution in [2.75, 3.05) is 19.5 Å². The van der Waals surface area contributed by atoms with Crippen molar-refractivity contribution in [3.63, 3.8) is 0 Å². The van der Waals surface area contributed by atoms with E-state index >= 15 is 0 Å². The van der Waals surface area contributed by atoms with Crippen LogP contribution in [0.2, 0.25) is 0 Å². The summed E-state index contributed by atoms with van der Waals surface area (Å²) in [5, 5.41) is 3.43. The Labute approximate surface area is 203 Å². The molecule has 1 aliphatic rings. The fourth-order valence-electron chi connectivity index (χ4n) is 3.78. The van der Waals surface area contributed by atoms with E-state index in [2.05, 4.69) is 16.9 Å². The van der Waals surface area contributed by atoms with Crippen molar-refractivity contribution in [2.45, 2.75) is 13.0 Å². The summed E-state index contributed by atoms with van der Waals surface area (Å²) in [5.74, 6) is 1.14. The van der Waals surface area contributed by atoms with Crippen LogP contribution >= 0.6 is 0 Å². The predicted molar refractivity (Wildman–Crippen MR) is 133 cm³/mol. The number of esters is 1. The number of carbonyl (C=O) groups excluding carboxylic acids is 1. The molecule has 178 valence electrons. The van der Waals surface area contributed by atoms with Gasteiger partial charge in [-0.25, -0.2) is 14.2 Å². The van der Waals surface area contributed by atoms with E-state index in [4.69, 9.17) is 14.2 Å². The van der Waals surface area contributed by atoms with E-state index < -0.39 is 11.8 Å². The number of methoxy groups -OCH3 is 2. The fourth-order valence-corrected chi connectivity index (χ4v) is 3.78. The predicted octanol–water partition coefficient (Wildman–Crippen LogP) is 6.16. The van der Waals surface area contributed by atoms with Crippen LogP contribution in [-0.4, -0.2) is 25.2 Å². The lowest BCUT2D eigenvalue weighted by Gasteiger charge is -2.21. The molecular weight excluding hydrogens is 447 g/mol. The molecule has 1 N–H and O–H groups in total. The molecule has 0 bridgehead atoms. The number of rotatable bonds is 7. The first kappa shape index (κ1) is 23.8. The third-order valence-electron chi connectivity index (χ3n) is 5.52. The van der Waals surface area contributed by atoms with Gasteiger partial charge in [0, 0.05) is 23.9 Å². The monoisotopic (exact) mass is 472 g/mol. The van der Waals surface area contributed by atoms with Crippen molar-refractivity contribution in [3.05, 3.63) is 113 Å². The number of hydrogen-bond acceptors (Lipinski definition) is 6. The molecule has 1 aromatic heterocycles. The van der Waals surface area contributed by atoms with Crippen molar-refractivity contribution in [1.29, 1.82) is 0 Å². The van der Waals surface area contributed by atoms with Crippen molar-refractivity contribution < 1.29 is 23.4 Å². The van der Waals surface area contributed by atoms with Crippen LogP contribution in [0.25, 0.3) is 11.5 Å². The second kappa shape index (κ2) is 10.3. The molecule has 2 aromatic carbocycles. The van der Waals surface area contributed by atoms with Crippen LogP contribution < -0.4 is 10.1 Å². The molecule has 1 aliphatic carbocycles. The lowest BCUT2D eigenvalue weighted by Crippen LogP contribution is -2.13. The number of nitrogens with zero attached hydrogens (tertiary/aromatic N) is 1. The van der Waals surface area contributed by atoms with E-state index in [9.17, 15) is 9.18 Å². The topological polar surface area (TPSA) is 69.7 Å². The molecule has 0 spiro atoms. The van der Waals surface area contributed by atoms with Crippen LogP contribution in [0.4, 0.5) is 10.2 Å². The standard InChI is InChI=1S/C28H25FN2O4/c1-17-14-24(33-3)23-12-13-30-27(26(23)25(15-17)35-22-7-5-6-21(29)16-22)31-18(2)19-8-10-20(11-9-19)28(32)34-4/h5-16,18H,1H2,2-4H3,(H,30,31)/t18-/m0/s1. The van der Waals surface area contributed by atoms with E-state index in [-0.39, 0.29) is 6.04 Å². The van der Waals surface area contributed by atoms with Gasteiger partial charge in [-0.05, 0) is 60.5 Å². The van der Waals surface area contributed by atoms with E-state index in [1.54, 1.807) is 49.7 Å². The molecule has 0 aliphatic heterocycles. The Bertz CT molecular complexity index is 1330. The first-order valence-corrected chi connectivity index (χ1v) is 10.9. The van der Waals surface area contributed by atoms with Gasteiger partial charge >= 0.3 is 5.97 Å². The highest BCUT2D eigenvalue weighted by molar-refractivity contribution is 5.89. The Morgan fingerprint density at radius 2 is 1.80 bits per heavy atom. The third-order valence-corrected chi connectivity index (χ3v) is 5.52. The highest BCUT2D eigenvalue weighted by Crippen LogP contribution is 2.37. The molecule has 3 aromatic rings. The quantitative estimate of drug-likeness (QED) is 0.416. The molecule has 0 saturated heterocycles. The zero-order chi connectivity index (χ0) is 24.9. The zero-order valence-electron chi connectivity index (χ0n) is 19.7. The van der Waals surface area contributed by atoms with Crippen LogP contribution in [0.3, 0.4) is 0 Å². The number of hydrogen-bond donors (Lipinski definition) is 1. The van der Waals surface area contributed by atoms with Gasteiger partial charge in [-0.2, -0.15) is 0 Å². The van der Waals surface area contributed by atoms with Gasteiger partial charge in [0.25, 0.3) is 0 Å². The van der Waals surface area contributed by atoms with Gasteiger partial charge in [0.1, 0.15) is 28.9 Å². The molecule has 0 saturated carbocycles. The third kappa shape index (κ3) is 5.24. The molecule has 35 heavy (non-hydrogen) atoms. The maximum Gasteiger partial charge on any atom is 0.337 e. The molecule has 0 unspecified atom stereocenters. The highest BCUT2D eigenvalue weighted by atomic mass is 19.1. The van der Waals surface area contributed by atoms with Crippen LogP contribution in [0.1, 0.15) is 40.0 Å². The number of aromatic nitrogens is 1. The Morgan fingerprint density at radius 3 is 2.49 bits per heavy atom. The minimum atomic E-state index is -0.403. The van der Waals surface area contributed by atoms with Crippen molar-refractivity contribution in [2.24, 2.45) is 0 Å². The van der Waals surface area contributed by atoms with E-state index in [0.29, 0.717) is 39.8 Å². The summed E-state index contributed by atoms with van der Waals surface area (Å²) in [4.78, 5) is 16.3. The second-order valence-corrected chi connectivity index (χ2v) is 7.92. The van der Waals surface area contributed by atoms with Gasteiger partial charge in [-0.3, -0.25) is 0 Å². The Balaban J connectivity index is 1.73. The summed E-state index contributed by atoms with van der Waals surface area (Å²) in [6.07, 6.45) is 5.24. The summed E-state index contributed by atoms with van der Waals surface area (Å²) in [6.45, 7) is 6.05. The van der Waals surface area contributed by atoms with Gasteiger partial charge in [-0.15, -0.1) is 0 Å². The molecule has 1 heterocycles. The molecule has 0 amide bonds. The first-order chi connectivity index (χ1) is 16.9. The van der Waals surface area contributed by atoms with Gasteiger partial charge in [0.2, 0.25) is 0 Å². The number of fused-ring (bicyclic) bond motifs is 1. The molecule has 7 heteroatoms. The summed E-state index contributed by atoms with van der Waals surface area (Å²) in [7, 11) is 2.93. The smallest absolute Gasteiger partial charge is 0.337 e. The number of benzene rings is 2. The summed E-state index contributed by atoms with van der Waals surface area (Å²) < 4.78 is 30.4. The molecular formula is C28H25FN2O4. The Hall–Kier alpha value is -4.39. The van der Waals surface area contributed by atoms with E-state index in [0.717, 1.165) is 11.1 Å². The molecule has 1 atom stereocenters. The van der Waals surface area contributed by atoms with Gasteiger partial charge in [0.05, 0.1) is 25.3 Å². The van der Waals surface area contributed by atoms with Gasteiger partial charge < -0.3 is 19.5 Å². The van der Waals surface area contributed by atoms with Crippen LogP contribution in [0, 0.1) is 5.82 Å². The number of halogens is 1. The Morgan fingerprint density at radius 1 is 1.06 bits per heavy atom. The average Bonchev–Trinajstić information content (AvgIpc) is 2.99. The van der Waals surface area contributed by atoms with Crippen LogP contribution in [0.5, 0.6) is 5.75 Å². The normalized spacial score (nSPS) is 13.5. The lowest BCUT2D eigenvalue weighted by atomic mass is 10.0. The average molecular weight is 473 g/mol. The molecule has 4 rings (SSSR count). The summed E-state index contributed by atoms with van der Waals surface area (Å²) in [5.41, 5.74) is 3.47. The van der Waals surface area contributed by atoms with Crippen LogP contribution in [-0.2, 0) is 9.47 Å². The van der Waals surface area contributed by atoms with Crippen molar-refractivity contribution in [1.82, 2.24) is 4.98 Å². The number of allylic oxidation sites excluding steroid dienone is 3. The molecule has 0 radical (unpaired) electrons. The fraction of sp³-hybridized carbons (Fsp3) is 0.143. The van der Waals surface area contributed by atoms with E-state index in [1.165, 1.54) is 19.2 Å². The van der Waals surface area contributed by atoms with Gasteiger partial charge in [-0.1, -0.05) is 24.8 Å². The first-order valence-electron chi connectivity index (χ1n) is 10.9. The maximum atomic E-state index is 13.8. The van der Waals surface area contributed by atoms with Crippen molar-refractivity contribution in [3.8, 4) is 5.75 Å². The summed E-state index contributed by atoms with van der Waals surface area (Å²) in [6, 6.07) is 14.7. The largest absolute Gasteiger partial charge is 0.496 e. The van der Waals surface area contributed by atoms with E-state index in [1.807, 2.05) is 25.1 Å². The van der Waals surface area contributed by atoms with Crippen LogP contribution in [0.15, 0.2) is 85.1 Å². The lowest BCUT2D eigenvalue weighted by molar-refractivity contribution is 0.0600. The number of pyridine rings is 1. The number of ether oxygens (including phenoxy) is 3. The zero-order valence-corrected chi connectivity index (χ0v) is 19.7. The minimum absolute atomic E-state index is 0.169. The Kier molecular flexibility index (Phi) is 6.96. The second-order valence-electron chi connectivity index (χ2n) is 7.92. The van der Waals surface area contributed by atoms with Crippen molar-refractivity contribution >= 4 is 23.3 Å². The number of anilines is 1.